The zero-order valence-corrected chi connectivity index (χ0v) is 11.3. The van der Waals surface area contributed by atoms with Gasteiger partial charge >= 0.3 is 5.97 Å². The molecule has 1 heterocycles. The summed E-state index contributed by atoms with van der Waals surface area (Å²) in [5.41, 5.74) is 0.554. The van der Waals surface area contributed by atoms with Gasteiger partial charge in [0.25, 0.3) is 0 Å². The fourth-order valence-corrected chi connectivity index (χ4v) is 2.35. The van der Waals surface area contributed by atoms with Crippen molar-refractivity contribution in [2.75, 3.05) is 0 Å². The smallest absolute Gasteiger partial charge is 0.328 e. The maximum absolute atomic E-state index is 10.4. The van der Waals surface area contributed by atoms with E-state index in [1.807, 2.05) is 12.1 Å². The van der Waals surface area contributed by atoms with Crippen molar-refractivity contribution >= 4 is 23.4 Å². The number of benzene rings is 1. The zero-order valence-electron chi connectivity index (χ0n) is 10.4. The minimum atomic E-state index is -0.968. The van der Waals surface area contributed by atoms with Gasteiger partial charge in [-0.2, -0.15) is 5.26 Å². The van der Waals surface area contributed by atoms with E-state index in [0.29, 0.717) is 17.9 Å². The first-order valence-corrected chi connectivity index (χ1v) is 6.62. The molecule has 0 unspecified atom stereocenters. The minimum Gasteiger partial charge on any atom is -0.488 e. The van der Waals surface area contributed by atoms with Crippen molar-refractivity contribution in [1.82, 2.24) is 0 Å². The molecule has 1 N–H and O–H groups in total. The molecule has 4 nitrogen and oxygen atoms in total. The Bertz CT molecular complexity index is 682. The Morgan fingerprint density at radius 3 is 3.00 bits per heavy atom. The number of nitriles is 1. The van der Waals surface area contributed by atoms with Gasteiger partial charge in [0.2, 0.25) is 0 Å². The molecule has 2 aromatic rings. The van der Waals surface area contributed by atoms with Crippen LogP contribution in [-0.4, -0.2) is 11.1 Å². The lowest BCUT2D eigenvalue weighted by Crippen LogP contribution is -1.92. The van der Waals surface area contributed by atoms with Crippen LogP contribution in [0.3, 0.4) is 0 Å². The van der Waals surface area contributed by atoms with Gasteiger partial charge in [-0.3, -0.25) is 0 Å². The molecular weight excluding hydrogens is 274 g/mol. The van der Waals surface area contributed by atoms with Crippen LogP contribution in [0.25, 0.3) is 6.08 Å². The molecule has 1 aromatic carbocycles. The summed E-state index contributed by atoms with van der Waals surface area (Å²) in [4.78, 5) is 12.3. The predicted molar refractivity (Wildman–Crippen MR) is 76.5 cm³/mol. The van der Waals surface area contributed by atoms with Crippen LogP contribution >= 0.6 is 11.3 Å². The molecule has 0 atom stereocenters. The van der Waals surface area contributed by atoms with Crippen LogP contribution in [0.15, 0.2) is 42.5 Å². The summed E-state index contributed by atoms with van der Waals surface area (Å²) >= 11 is 1.46. The first-order valence-electron chi connectivity index (χ1n) is 5.80. The molecule has 0 spiro atoms. The van der Waals surface area contributed by atoms with E-state index in [9.17, 15) is 4.79 Å². The van der Waals surface area contributed by atoms with Gasteiger partial charge in [-0.15, -0.1) is 11.3 Å². The van der Waals surface area contributed by atoms with Crippen molar-refractivity contribution in [2.45, 2.75) is 6.61 Å². The average Bonchev–Trinajstić information content (AvgIpc) is 2.91. The number of rotatable bonds is 5. The maximum Gasteiger partial charge on any atom is 0.328 e. The largest absolute Gasteiger partial charge is 0.488 e. The highest BCUT2D eigenvalue weighted by Gasteiger charge is 2.01. The number of thiophene rings is 1. The number of ether oxygens (including phenoxy) is 1. The molecule has 0 saturated carbocycles. The van der Waals surface area contributed by atoms with Gasteiger partial charge in [-0.25, -0.2) is 4.79 Å². The van der Waals surface area contributed by atoms with E-state index >= 15 is 0 Å². The summed E-state index contributed by atoms with van der Waals surface area (Å²) in [6.07, 6.45) is 2.65. The Hall–Kier alpha value is -2.58. The van der Waals surface area contributed by atoms with E-state index in [4.69, 9.17) is 15.1 Å². The zero-order chi connectivity index (χ0) is 14.4. The van der Waals surface area contributed by atoms with E-state index in [2.05, 4.69) is 6.07 Å². The van der Waals surface area contributed by atoms with E-state index in [1.54, 1.807) is 30.3 Å². The molecule has 0 fully saturated rings. The monoisotopic (exact) mass is 285 g/mol. The number of carboxylic acids is 1. The van der Waals surface area contributed by atoms with Crippen LogP contribution in [0.4, 0.5) is 0 Å². The summed E-state index contributed by atoms with van der Waals surface area (Å²) in [6, 6.07) is 12.7. The predicted octanol–water partition coefficient (Wildman–Crippen LogP) is 3.30. The third-order valence-electron chi connectivity index (χ3n) is 2.42. The molecule has 2 rings (SSSR count). The molecule has 0 saturated heterocycles. The highest BCUT2D eigenvalue weighted by atomic mass is 32.1. The van der Waals surface area contributed by atoms with Crippen LogP contribution < -0.4 is 4.74 Å². The second kappa shape index (κ2) is 6.55. The van der Waals surface area contributed by atoms with Gasteiger partial charge in [0.15, 0.2) is 0 Å². The van der Waals surface area contributed by atoms with Crippen LogP contribution in [-0.2, 0) is 11.4 Å². The summed E-state index contributed by atoms with van der Waals surface area (Å²) in [5.74, 6) is -0.329. The van der Waals surface area contributed by atoms with Gasteiger partial charge in [-0.1, -0.05) is 6.07 Å². The maximum atomic E-state index is 10.4. The van der Waals surface area contributed by atoms with Crippen molar-refractivity contribution in [3.05, 3.63) is 57.8 Å². The second-order valence-corrected chi connectivity index (χ2v) is 5.10. The third-order valence-corrected chi connectivity index (χ3v) is 3.44. The standard InChI is InChI=1S/C15H11NO3S/c16-9-11-2-1-3-12(8-11)19-10-14-5-4-13(20-14)6-7-15(17)18/h1-8H,10H2,(H,17,18). The van der Waals surface area contributed by atoms with E-state index in [1.165, 1.54) is 11.3 Å². The molecular formula is C15H11NO3S. The Morgan fingerprint density at radius 2 is 2.25 bits per heavy atom. The van der Waals surface area contributed by atoms with E-state index in [-0.39, 0.29) is 0 Å². The van der Waals surface area contributed by atoms with Crippen molar-refractivity contribution < 1.29 is 14.6 Å². The number of carboxylic acid groups (broad SMARTS) is 1. The van der Waals surface area contributed by atoms with E-state index < -0.39 is 5.97 Å². The Morgan fingerprint density at radius 1 is 1.40 bits per heavy atom. The van der Waals surface area contributed by atoms with Crippen molar-refractivity contribution in [3.63, 3.8) is 0 Å². The normalized spacial score (nSPS) is 10.3. The Balaban J connectivity index is 1.97. The SMILES string of the molecule is N#Cc1cccc(OCc2ccc(C=CC(=O)O)s2)c1. The van der Waals surface area contributed by atoms with Gasteiger partial charge < -0.3 is 9.84 Å². The molecule has 0 aliphatic carbocycles. The van der Waals surface area contributed by atoms with Crippen LogP contribution in [0.2, 0.25) is 0 Å². The topological polar surface area (TPSA) is 70.3 Å². The number of hydrogen-bond acceptors (Lipinski definition) is 4. The van der Waals surface area contributed by atoms with Gasteiger partial charge in [0.1, 0.15) is 12.4 Å². The van der Waals surface area contributed by atoms with Crippen LogP contribution in [0.5, 0.6) is 5.75 Å². The summed E-state index contributed by atoms with van der Waals surface area (Å²) in [7, 11) is 0. The fraction of sp³-hybridized carbons (Fsp3) is 0.0667. The molecule has 1 aromatic heterocycles. The third kappa shape index (κ3) is 3.97. The van der Waals surface area contributed by atoms with Crippen molar-refractivity contribution in [1.29, 1.82) is 5.26 Å². The first-order chi connectivity index (χ1) is 9.67. The van der Waals surface area contributed by atoms with Crippen molar-refractivity contribution in [3.8, 4) is 11.8 Å². The molecule has 0 aliphatic rings. The first kappa shape index (κ1) is 13.8. The molecule has 0 aliphatic heterocycles. The number of carbonyl (C=O) groups is 1. The molecule has 5 heteroatoms. The average molecular weight is 285 g/mol. The van der Waals surface area contributed by atoms with Crippen molar-refractivity contribution in [2.24, 2.45) is 0 Å². The number of aliphatic carboxylic acids is 1. The van der Waals surface area contributed by atoms with Crippen LogP contribution in [0.1, 0.15) is 15.3 Å². The minimum absolute atomic E-state index is 0.389. The highest BCUT2D eigenvalue weighted by Crippen LogP contribution is 2.21. The van der Waals surface area contributed by atoms with Crippen LogP contribution in [0, 0.1) is 11.3 Å². The Kier molecular flexibility index (Phi) is 4.53. The quantitative estimate of drug-likeness (QED) is 0.856. The lowest BCUT2D eigenvalue weighted by molar-refractivity contribution is -0.131. The Labute approximate surface area is 120 Å². The lowest BCUT2D eigenvalue weighted by atomic mass is 10.2. The summed E-state index contributed by atoms with van der Waals surface area (Å²) in [6.45, 7) is 0.389. The summed E-state index contributed by atoms with van der Waals surface area (Å²) in [5, 5.41) is 17.3. The lowest BCUT2D eigenvalue weighted by Gasteiger charge is -2.04. The molecule has 0 bridgehead atoms. The van der Waals surface area contributed by atoms with Gasteiger partial charge in [0, 0.05) is 15.8 Å². The number of hydrogen-bond donors (Lipinski definition) is 1. The molecule has 20 heavy (non-hydrogen) atoms. The van der Waals surface area contributed by atoms with Gasteiger partial charge in [0.05, 0.1) is 11.6 Å². The molecule has 100 valence electrons. The second-order valence-electron chi connectivity index (χ2n) is 3.90. The number of nitrogens with zero attached hydrogens (tertiary/aromatic N) is 1. The van der Waals surface area contributed by atoms with Gasteiger partial charge in [-0.05, 0) is 36.4 Å². The summed E-state index contributed by atoms with van der Waals surface area (Å²) < 4.78 is 5.59. The molecule has 0 radical (unpaired) electrons. The van der Waals surface area contributed by atoms with E-state index in [0.717, 1.165) is 15.8 Å². The molecule has 0 amide bonds. The highest BCUT2D eigenvalue weighted by molar-refractivity contribution is 7.12. The fourth-order valence-electron chi connectivity index (χ4n) is 1.52.